The minimum Gasteiger partial charge on any atom is -0.467 e. The predicted molar refractivity (Wildman–Crippen MR) is 118 cm³/mol. The lowest BCUT2D eigenvalue weighted by Gasteiger charge is -2.19. The van der Waals surface area contributed by atoms with Crippen molar-refractivity contribution in [2.24, 2.45) is 5.11 Å². The monoisotopic (exact) mass is 472 g/mol. The number of alkyl carbamates (subject to hydrolysis) is 1. The minimum absolute atomic E-state index is 0.129. The van der Waals surface area contributed by atoms with Gasteiger partial charge >= 0.3 is 17.8 Å². The van der Waals surface area contributed by atoms with Crippen LogP contribution in [-0.2, 0) is 25.4 Å². The van der Waals surface area contributed by atoms with Gasteiger partial charge in [0.1, 0.15) is 25.0 Å². The van der Waals surface area contributed by atoms with E-state index in [1.54, 1.807) is 24.3 Å². The van der Waals surface area contributed by atoms with Crippen molar-refractivity contribution in [3.8, 4) is 0 Å². The third-order valence-corrected chi connectivity index (χ3v) is 5.30. The lowest BCUT2D eigenvalue weighted by molar-refractivity contribution is -0.143. The summed E-state index contributed by atoms with van der Waals surface area (Å²) < 4.78 is 16.9. The van der Waals surface area contributed by atoms with Gasteiger partial charge in [0, 0.05) is 29.5 Å². The molecule has 2 N–H and O–H groups in total. The number of esters is 1. The number of hydrogen-bond donors (Lipinski definition) is 2. The van der Waals surface area contributed by atoms with Gasteiger partial charge in [0.15, 0.2) is 0 Å². The van der Waals surface area contributed by atoms with Crippen LogP contribution in [0.4, 0.5) is 4.79 Å². The summed E-state index contributed by atoms with van der Waals surface area (Å²) in [6.45, 7) is 1.23. The van der Waals surface area contributed by atoms with Gasteiger partial charge in [0.2, 0.25) is 0 Å². The van der Waals surface area contributed by atoms with E-state index < -0.39 is 47.7 Å². The van der Waals surface area contributed by atoms with Crippen LogP contribution in [0.3, 0.4) is 0 Å². The van der Waals surface area contributed by atoms with E-state index in [1.807, 2.05) is 6.07 Å². The molecule has 1 saturated heterocycles. The molecular weight excluding hydrogens is 448 g/mol. The van der Waals surface area contributed by atoms with Crippen LogP contribution in [0, 0.1) is 6.92 Å². The summed E-state index contributed by atoms with van der Waals surface area (Å²) in [6.07, 6.45) is -0.910. The molecule has 3 unspecified atom stereocenters. The van der Waals surface area contributed by atoms with Crippen LogP contribution in [0.5, 0.6) is 0 Å². The second-order valence-electron chi connectivity index (χ2n) is 7.62. The molecule has 1 amide bonds. The molecule has 0 aliphatic carbocycles. The molecule has 1 aromatic heterocycles. The third-order valence-electron chi connectivity index (χ3n) is 5.30. The SMILES string of the molecule is COC(=O)[C@H](Cc1ccccc1)NC(=O)OCC1OC(n2cc(C)c(=O)[nH]c2=O)CC1N=[N+]=[N-]. The highest BCUT2D eigenvalue weighted by atomic mass is 16.6. The fourth-order valence-electron chi connectivity index (χ4n) is 3.55. The number of carbonyl (C=O) groups is 2. The van der Waals surface area contributed by atoms with Gasteiger partial charge in [-0.05, 0) is 18.0 Å². The Morgan fingerprint density at radius 3 is 2.76 bits per heavy atom. The highest BCUT2D eigenvalue weighted by Crippen LogP contribution is 2.30. The topological polar surface area (TPSA) is 177 Å². The quantitative estimate of drug-likeness (QED) is 0.252. The third kappa shape index (κ3) is 6.03. The first-order valence-corrected chi connectivity index (χ1v) is 10.4. The van der Waals surface area contributed by atoms with Gasteiger partial charge in [0.05, 0.1) is 13.2 Å². The first-order chi connectivity index (χ1) is 16.3. The Hall–Kier alpha value is -4.09. The van der Waals surface area contributed by atoms with Crippen LogP contribution in [0.2, 0.25) is 0 Å². The first-order valence-electron chi connectivity index (χ1n) is 10.4. The Bertz CT molecular complexity index is 1190. The zero-order chi connectivity index (χ0) is 24.7. The van der Waals surface area contributed by atoms with Crippen LogP contribution in [0.1, 0.15) is 23.8 Å². The average Bonchev–Trinajstić information content (AvgIpc) is 3.22. The van der Waals surface area contributed by atoms with Crippen molar-refractivity contribution in [1.29, 1.82) is 0 Å². The van der Waals surface area contributed by atoms with Crippen molar-refractivity contribution >= 4 is 12.1 Å². The standard InChI is InChI=1S/C21H24N6O7/c1-12-10-27(20(30)24-18(12)28)17-9-14(25-26-22)16(34-17)11-33-21(31)23-15(19(29)32-2)8-13-6-4-3-5-7-13/h3-7,10,14-17H,8-9,11H2,1-2H3,(H,23,31)(H,24,28,30)/t14?,15-,16?,17?/m0/s1. The molecule has 0 spiro atoms. The van der Waals surface area contributed by atoms with Gasteiger partial charge in [-0.15, -0.1) is 0 Å². The van der Waals surface area contributed by atoms with Crippen molar-refractivity contribution in [2.45, 2.75) is 44.2 Å². The molecule has 0 radical (unpaired) electrons. The molecule has 180 valence electrons. The number of azide groups is 1. The highest BCUT2D eigenvalue weighted by Gasteiger charge is 2.37. The van der Waals surface area contributed by atoms with Gasteiger partial charge in [-0.3, -0.25) is 14.3 Å². The number of amides is 1. The van der Waals surface area contributed by atoms with E-state index in [1.165, 1.54) is 24.8 Å². The van der Waals surface area contributed by atoms with Gasteiger partial charge in [-0.2, -0.15) is 0 Å². The molecule has 13 nitrogen and oxygen atoms in total. The number of nitrogens with one attached hydrogen (secondary N) is 2. The number of nitrogens with zero attached hydrogens (tertiary/aromatic N) is 4. The summed E-state index contributed by atoms with van der Waals surface area (Å²) in [7, 11) is 1.21. The summed E-state index contributed by atoms with van der Waals surface area (Å²) in [6, 6.07) is 7.34. The number of ether oxygens (including phenoxy) is 3. The fourth-order valence-corrected chi connectivity index (χ4v) is 3.55. The molecule has 0 bridgehead atoms. The van der Waals surface area contributed by atoms with Crippen LogP contribution in [0.25, 0.3) is 10.4 Å². The molecule has 1 aliphatic rings. The smallest absolute Gasteiger partial charge is 0.407 e. The van der Waals surface area contributed by atoms with Crippen molar-refractivity contribution in [3.05, 3.63) is 78.9 Å². The van der Waals surface area contributed by atoms with Gasteiger partial charge in [0.25, 0.3) is 5.56 Å². The maximum Gasteiger partial charge on any atom is 0.407 e. The second-order valence-corrected chi connectivity index (χ2v) is 7.62. The normalized spacial score (nSPS) is 20.1. The molecule has 13 heteroatoms. The summed E-state index contributed by atoms with van der Waals surface area (Å²) in [5, 5.41) is 6.13. The fraction of sp³-hybridized carbons (Fsp3) is 0.429. The number of rotatable bonds is 8. The Morgan fingerprint density at radius 2 is 2.09 bits per heavy atom. The van der Waals surface area contributed by atoms with Crippen molar-refractivity contribution < 1.29 is 23.8 Å². The zero-order valence-electron chi connectivity index (χ0n) is 18.5. The van der Waals surface area contributed by atoms with Gasteiger partial charge in [-0.25, -0.2) is 14.4 Å². The van der Waals surface area contributed by atoms with Crippen LogP contribution >= 0.6 is 0 Å². The number of benzene rings is 1. The van der Waals surface area contributed by atoms with Crippen LogP contribution in [-0.4, -0.2) is 53.5 Å². The Kier molecular flexibility index (Phi) is 8.06. The molecule has 0 saturated carbocycles. The number of carbonyl (C=O) groups excluding carboxylic acids is 2. The van der Waals surface area contributed by atoms with Crippen LogP contribution < -0.4 is 16.6 Å². The molecular formula is C21H24N6O7. The largest absolute Gasteiger partial charge is 0.467 e. The van der Waals surface area contributed by atoms with Crippen LogP contribution in [0.15, 0.2) is 51.2 Å². The van der Waals surface area contributed by atoms with Crippen molar-refractivity contribution in [1.82, 2.24) is 14.9 Å². The van der Waals surface area contributed by atoms with Crippen molar-refractivity contribution in [3.63, 3.8) is 0 Å². The summed E-state index contributed by atoms with van der Waals surface area (Å²) in [5.41, 5.74) is 8.79. The van der Waals surface area contributed by atoms with E-state index in [0.717, 1.165) is 5.56 Å². The number of aryl methyl sites for hydroxylation is 1. The molecule has 4 atom stereocenters. The lowest BCUT2D eigenvalue weighted by Crippen LogP contribution is -2.44. The molecule has 1 aromatic carbocycles. The molecule has 3 rings (SSSR count). The lowest BCUT2D eigenvalue weighted by atomic mass is 10.1. The van der Waals surface area contributed by atoms with E-state index in [4.69, 9.17) is 19.7 Å². The molecule has 1 fully saturated rings. The Morgan fingerprint density at radius 1 is 1.35 bits per heavy atom. The highest BCUT2D eigenvalue weighted by molar-refractivity contribution is 5.81. The summed E-state index contributed by atoms with van der Waals surface area (Å²) >= 11 is 0. The van der Waals surface area contributed by atoms with E-state index in [2.05, 4.69) is 20.3 Å². The maximum absolute atomic E-state index is 12.4. The Labute approximate surface area is 193 Å². The molecule has 2 heterocycles. The van der Waals surface area contributed by atoms with Crippen molar-refractivity contribution in [2.75, 3.05) is 13.7 Å². The summed E-state index contributed by atoms with van der Waals surface area (Å²) in [5.74, 6) is -0.641. The molecule has 1 aliphatic heterocycles. The maximum atomic E-state index is 12.4. The predicted octanol–water partition coefficient (Wildman–Crippen LogP) is 1.32. The number of H-pyrrole nitrogens is 1. The number of aromatic nitrogens is 2. The molecule has 34 heavy (non-hydrogen) atoms. The van der Waals surface area contributed by atoms with E-state index in [0.29, 0.717) is 5.56 Å². The zero-order valence-corrected chi connectivity index (χ0v) is 18.5. The number of hydrogen-bond acceptors (Lipinski definition) is 8. The van der Waals surface area contributed by atoms with Gasteiger partial charge < -0.3 is 19.5 Å². The summed E-state index contributed by atoms with van der Waals surface area (Å²) in [4.78, 5) is 53.2. The van der Waals surface area contributed by atoms with Gasteiger partial charge in [-0.1, -0.05) is 35.4 Å². The van der Waals surface area contributed by atoms with E-state index in [-0.39, 0.29) is 19.4 Å². The number of aromatic amines is 1. The minimum atomic E-state index is -0.979. The second kappa shape index (κ2) is 11.2. The van der Waals surface area contributed by atoms with E-state index >= 15 is 0 Å². The first kappa shape index (κ1) is 24.6. The molecule has 2 aromatic rings. The average molecular weight is 472 g/mol. The number of methoxy groups -OCH3 is 1. The Balaban J connectivity index is 1.65. The van der Waals surface area contributed by atoms with E-state index in [9.17, 15) is 19.2 Å².